The Balaban J connectivity index is 1.19. The molecule has 1 saturated heterocycles. The number of nitriles is 1. The number of fused-ring (bicyclic) bond motifs is 2. The molecule has 4 heterocycles. The third kappa shape index (κ3) is 5.53. The highest BCUT2D eigenvalue weighted by atomic mass is 16.5. The molecule has 11 nitrogen and oxygen atoms in total. The van der Waals surface area contributed by atoms with Gasteiger partial charge in [0.1, 0.15) is 24.0 Å². The van der Waals surface area contributed by atoms with Gasteiger partial charge in [0, 0.05) is 41.5 Å². The van der Waals surface area contributed by atoms with Crippen molar-refractivity contribution in [3.8, 4) is 17.7 Å². The lowest BCUT2D eigenvalue weighted by Crippen LogP contribution is -2.31. The number of aryl methyl sites for hydroxylation is 2. The van der Waals surface area contributed by atoms with Crippen LogP contribution in [0.3, 0.4) is 0 Å². The average molecular weight is 562 g/mol. The van der Waals surface area contributed by atoms with Crippen LogP contribution >= 0.6 is 0 Å². The van der Waals surface area contributed by atoms with Crippen LogP contribution in [0, 0.1) is 18.4 Å². The molecule has 0 spiro atoms. The summed E-state index contributed by atoms with van der Waals surface area (Å²) in [5, 5.41) is 21.4. The molecule has 2 aliphatic rings. The van der Waals surface area contributed by atoms with Crippen LogP contribution in [0.5, 0.6) is 11.5 Å². The third-order valence-electron chi connectivity index (χ3n) is 7.60. The smallest absolute Gasteiger partial charge is 0.248 e. The number of likely N-dealkylation sites (N-methyl/N-ethyl adjacent to an activating group) is 1. The summed E-state index contributed by atoms with van der Waals surface area (Å²) in [5.74, 6) is 1.11. The molecule has 2 unspecified atom stereocenters. The maximum atomic E-state index is 12.7. The predicted molar refractivity (Wildman–Crippen MR) is 162 cm³/mol. The Morgan fingerprint density at radius 3 is 2.79 bits per heavy atom. The van der Waals surface area contributed by atoms with Gasteiger partial charge in [-0.1, -0.05) is 6.08 Å². The summed E-state index contributed by atoms with van der Waals surface area (Å²) in [5.41, 5.74) is 4.60. The zero-order valence-corrected chi connectivity index (χ0v) is 23.7. The molecule has 2 aliphatic heterocycles. The minimum Gasteiger partial charge on any atom is -0.455 e. The summed E-state index contributed by atoms with van der Waals surface area (Å²) in [6.07, 6.45) is 12.3. The number of hydrogen-bond donors (Lipinski definition) is 2. The fourth-order valence-corrected chi connectivity index (χ4v) is 5.32. The maximum Gasteiger partial charge on any atom is 0.248 e. The van der Waals surface area contributed by atoms with Crippen LogP contribution in [0.2, 0.25) is 0 Å². The molecule has 6 rings (SSSR count). The fraction of sp³-hybridized carbons (Fsp3) is 0.258. The van der Waals surface area contributed by atoms with E-state index in [0.717, 1.165) is 52.9 Å². The molecule has 2 N–H and O–H groups in total. The lowest BCUT2D eigenvalue weighted by Gasteiger charge is -2.30. The number of hydrogen-bond acceptors (Lipinski definition) is 9. The summed E-state index contributed by atoms with van der Waals surface area (Å²) in [4.78, 5) is 25.2. The first kappa shape index (κ1) is 27.0. The number of amides is 1. The van der Waals surface area contributed by atoms with Crippen LogP contribution in [0.15, 0.2) is 72.0 Å². The predicted octanol–water partition coefficient (Wildman–Crippen LogP) is 5.23. The average Bonchev–Trinajstić information content (AvgIpc) is 3.57. The Hall–Kier alpha value is -5.21. The largest absolute Gasteiger partial charge is 0.455 e. The number of ether oxygens (including phenoxy) is 1. The second-order valence-corrected chi connectivity index (χ2v) is 10.5. The highest BCUT2D eigenvalue weighted by Crippen LogP contribution is 2.36. The van der Waals surface area contributed by atoms with Gasteiger partial charge >= 0.3 is 0 Å². The molecular weight excluding hydrogens is 530 g/mol. The van der Waals surface area contributed by atoms with E-state index in [1.807, 2.05) is 62.5 Å². The molecule has 0 aliphatic carbocycles. The van der Waals surface area contributed by atoms with Crippen LogP contribution in [-0.2, 0) is 11.8 Å². The molecule has 1 amide bonds. The molecule has 212 valence electrons. The van der Waals surface area contributed by atoms with Crippen LogP contribution in [-0.4, -0.2) is 56.4 Å². The highest BCUT2D eigenvalue weighted by Gasteiger charge is 2.26. The number of rotatable bonds is 7. The highest BCUT2D eigenvalue weighted by molar-refractivity contribution is 5.99. The van der Waals surface area contributed by atoms with Gasteiger partial charge in [-0.15, -0.1) is 0 Å². The molecule has 11 heteroatoms. The second kappa shape index (κ2) is 11.3. The van der Waals surface area contributed by atoms with Crippen molar-refractivity contribution >= 4 is 40.3 Å². The summed E-state index contributed by atoms with van der Waals surface area (Å²) < 4.78 is 7.84. The first-order chi connectivity index (χ1) is 20.4. The Morgan fingerprint density at radius 1 is 1.14 bits per heavy atom. The first-order valence-electron chi connectivity index (χ1n) is 13.8. The van der Waals surface area contributed by atoms with E-state index in [1.165, 1.54) is 11.2 Å². The van der Waals surface area contributed by atoms with Crippen molar-refractivity contribution in [2.24, 2.45) is 12.0 Å². The van der Waals surface area contributed by atoms with Crippen LogP contribution in [0.1, 0.15) is 30.1 Å². The van der Waals surface area contributed by atoms with Crippen LogP contribution in [0.25, 0.3) is 11.0 Å². The summed E-state index contributed by atoms with van der Waals surface area (Å²) in [7, 11) is 3.92. The number of nitrogens with zero attached hydrogens (tertiary/aromatic N) is 7. The van der Waals surface area contributed by atoms with Crippen molar-refractivity contribution in [1.29, 1.82) is 5.26 Å². The maximum absolute atomic E-state index is 12.7. The minimum atomic E-state index is -0.523. The van der Waals surface area contributed by atoms with Gasteiger partial charge in [0.05, 0.1) is 18.1 Å². The Labute approximate surface area is 243 Å². The van der Waals surface area contributed by atoms with Crippen molar-refractivity contribution in [3.05, 3.63) is 78.1 Å². The first-order valence-corrected chi connectivity index (χ1v) is 13.8. The SMILES string of the molecule is Cc1cc(NC2c3cc(NC(=O)/C=C/C4CCCN4C)ccc3N=CN2C#N)ccc1Oc1cnc2c(cnn2C)c1. The van der Waals surface area contributed by atoms with Gasteiger partial charge in [-0.05, 0) is 81.4 Å². The molecule has 0 saturated carbocycles. The number of likely N-dealkylation sites (tertiary alicyclic amines) is 1. The second-order valence-electron chi connectivity index (χ2n) is 10.5. The number of nitrogens with one attached hydrogen (secondary N) is 2. The standard InChI is InChI=1S/C31H31N9O2/c1-20-13-22(7-10-28(20)42-25-14-21-16-35-39(3)30(21)33-17-25)37-31-26-15-23(6-9-27(26)34-19-40(31)18-32)36-29(41)11-8-24-5-4-12-38(24)2/h6-11,13-17,19,24,31,37H,4-5,12H2,1-3H3,(H,36,41)/b11-8+. The number of benzene rings is 2. The van der Waals surface area contributed by atoms with Crippen LogP contribution < -0.4 is 15.4 Å². The van der Waals surface area contributed by atoms with Gasteiger partial charge in [0.25, 0.3) is 0 Å². The molecule has 42 heavy (non-hydrogen) atoms. The van der Waals surface area contributed by atoms with Gasteiger partial charge in [-0.2, -0.15) is 10.4 Å². The Kier molecular flexibility index (Phi) is 7.29. The van der Waals surface area contributed by atoms with Gasteiger partial charge in [0.15, 0.2) is 11.8 Å². The topological polar surface area (TPSA) is 124 Å². The van der Waals surface area contributed by atoms with E-state index in [9.17, 15) is 10.1 Å². The lowest BCUT2D eigenvalue weighted by atomic mass is 10.1. The molecular formula is C31H31N9O2. The molecule has 2 aromatic heterocycles. The van der Waals surface area contributed by atoms with E-state index < -0.39 is 6.17 Å². The van der Waals surface area contributed by atoms with E-state index in [1.54, 1.807) is 23.2 Å². The fourth-order valence-electron chi connectivity index (χ4n) is 5.32. The van der Waals surface area contributed by atoms with Crippen molar-refractivity contribution in [1.82, 2.24) is 24.6 Å². The number of pyridine rings is 1. The van der Waals surface area contributed by atoms with Crippen molar-refractivity contribution in [2.75, 3.05) is 24.2 Å². The quantitative estimate of drug-likeness (QED) is 0.232. The zero-order chi connectivity index (χ0) is 29.2. The normalized spacial score (nSPS) is 18.3. The molecule has 0 radical (unpaired) electrons. The molecule has 1 fully saturated rings. The van der Waals surface area contributed by atoms with E-state index in [2.05, 4.69) is 43.8 Å². The van der Waals surface area contributed by atoms with E-state index in [4.69, 9.17) is 4.74 Å². The van der Waals surface area contributed by atoms with Crippen molar-refractivity contribution in [3.63, 3.8) is 0 Å². The van der Waals surface area contributed by atoms with E-state index >= 15 is 0 Å². The van der Waals surface area contributed by atoms with Gasteiger partial charge in [-0.3, -0.25) is 14.4 Å². The molecule has 0 bridgehead atoms. The van der Waals surface area contributed by atoms with Crippen LogP contribution in [0.4, 0.5) is 17.1 Å². The summed E-state index contributed by atoms with van der Waals surface area (Å²) in [6.45, 7) is 3.00. The van der Waals surface area contributed by atoms with Gasteiger partial charge in [-0.25, -0.2) is 14.9 Å². The molecule has 2 atom stereocenters. The number of aliphatic imine (C=N–C) groups is 1. The molecule has 4 aromatic rings. The third-order valence-corrected chi connectivity index (χ3v) is 7.60. The van der Waals surface area contributed by atoms with Crippen molar-refractivity contribution in [2.45, 2.75) is 32.0 Å². The lowest BCUT2D eigenvalue weighted by molar-refractivity contribution is -0.111. The number of carbonyl (C=O) groups is 1. The Morgan fingerprint density at radius 2 is 2.00 bits per heavy atom. The number of anilines is 2. The molecule has 2 aromatic carbocycles. The minimum absolute atomic E-state index is 0.194. The summed E-state index contributed by atoms with van der Waals surface area (Å²) >= 11 is 0. The van der Waals surface area contributed by atoms with Gasteiger partial charge < -0.3 is 15.4 Å². The van der Waals surface area contributed by atoms with Crippen molar-refractivity contribution < 1.29 is 9.53 Å². The monoisotopic (exact) mass is 561 g/mol. The Bertz CT molecular complexity index is 1750. The zero-order valence-electron chi connectivity index (χ0n) is 23.7. The summed E-state index contributed by atoms with van der Waals surface area (Å²) in [6, 6.07) is 13.4. The number of aromatic nitrogens is 3. The van der Waals surface area contributed by atoms with E-state index in [0.29, 0.717) is 17.2 Å². The van der Waals surface area contributed by atoms with E-state index in [-0.39, 0.29) is 11.9 Å². The van der Waals surface area contributed by atoms with Gasteiger partial charge in [0.2, 0.25) is 5.91 Å². The number of carbonyl (C=O) groups excluding carboxylic acids is 1.